The van der Waals surface area contributed by atoms with Crippen LogP contribution in [0.3, 0.4) is 0 Å². The summed E-state index contributed by atoms with van der Waals surface area (Å²) in [5.74, 6) is -0.0900. The molecule has 5 rings (SSSR count). The molecule has 6 nitrogen and oxygen atoms in total. The van der Waals surface area contributed by atoms with Crippen molar-refractivity contribution >= 4 is 45.8 Å². The number of carbonyl (C=O) groups excluding carboxylic acids is 3. The van der Waals surface area contributed by atoms with Crippen LogP contribution in [-0.4, -0.2) is 41.8 Å². The first-order valence-corrected chi connectivity index (χ1v) is 14.9. The Balaban J connectivity index is 1.37. The molecule has 0 saturated carbocycles. The predicted octanol–water partition coefficient (Wildman–Crippen LogP) is 6.65. The van der Waals surface area contributed by atoms with Gasteiger partial charge in [-0.3, -0.25) is 14.4 Å². The van der Waals surface area contributed by atoms with E-state index in [0.29, 0.717) is 36.5 Å². The molecular formula is C35H36ClN3O3. The Labute approximate surface area is 252 Å². The first kappa shape index (κ1) is 29.3. The summed E-state index contributed by atoms with van der Waals surface area (Å²) in [7, 11) is 0. The highest BCUT2D eigenvalue weighted by Crippen LogP contribution is 2.37. The van der Waals surface area contributed by atoms with Gasteiger partial charge in [0.1, 0.15) is 6.04 Å². The summed E-state index contributed by atoms with van der Waals surface area (Å²) in [5, 5.41) is 5.62. The van der Waals surface area contributed by atoms with Crippen molar-refractivity contribution < 1.29 is 14.4 Å². The topological polar surface area (TPSA) is 69.7 Å². The molecule has 42 heavy (non-hydrogen) atoms. The van der Waals surface area contributed by atoms with Gasteiger partial charge in [-0.05, 0) is 53.1 Å². The van der Waals surface area contributed by atoms with Crippen LogP contribution in [0.25, 0.3) is 10.8 Å². The first-order chi connectivity index (χ1) is 20.3. The Morgan fingerprint density at radius 2 is 1.62 bits per heavy atom. The zero-order valence-corrected chi connectivity index (χ0v) is 24.8. The van der Waals surface area contributed by atoms with E-state index in [1.54, 1.807) is 15.9 Å². The fourth-order valence-electron chi connectivity index (χ4n) is 5.54. The smallest absolute Gasteiger partial charge is 0.258 e. The summed E-state index contributed by atoms with van der Waals surface area (Å²) in [6.07, 6.45) is 1.05. The number of nitrogens with one attached hydrogen (secondary N) is 1. The highest BCUT2D eigenvalue weighted by atomic mass is 35.5. The summed E-state index contributed by atoms with van der Waals surface area (Å²) in [4.78, 5) is 44.3. The molecule has 1 N–H and O–H groups in total. The van der Waals surface area contributed by atoms with E-state index in [-0.39, 0.29) is 36.6 Å². The molecule has 4 aromatic rings. The Morgan fingerprint density at radius 3 is 2.36 bits per heavy atom. The lowest BCUT2D eigenvalue weighted by Gasteiger charge is -2.32. The predicted molar refractivity (Wildman–Crippen MR) is 169 cm³/mol. The number of amides is 3. The summed E-state index contributed by atoms with van der Waals surface area (Å²) in [6, 6.07) is 28.1. The SMILES string of the molecule is CC(C)CNC(=O)[C@@H](Cc1ccccc1)N(Cc1cccc(Cl)c1)C(=O)CCCN1C(=O)c2cccc3cccc1c23. The average molecular weight is 582 g/mol. The van der Waals surface area contributed by atoms with Crippen molar-refractivity contribution in [3.63, 3.8) is 0 Å². The third kappa shape index (κ3) is 6.66. The summed E-state index contributed by atoms with van der Waals surface area (Å²) in [5.41, 5.74) is 3.40. The van der Waals surface area contributed by atoms with Crippen LogP contribution in [0.2, 0.25) is 5.02 Å². The number of nitrogens with zero attached hydrogens (tertiary/aromatic N) is 2. The van der Waals surface area contributed by atoms with E-state index in [2.05, 4.69) is 5.32 Å². The number of anilines is 1. The fourth-order valence-corrected chi connectivity index (χ4v) is 5.75. The lowest BCUT2D eigenvalue weighted by molar-refractivity contribution is -0.141. The van der Waals surface area contributed by atoms with Gasteiger partial charge in [0.25, 0.3) is 5.91 Å². The maximum atomic E-state index is 14.0. The molecule has 1 heterocycles. The second kappa shape index (κ2) is 13.2. The van der Waals surface area contributed by atoms with Crippen LogP contribution in [-0.2, 0) is 22.6 Å². The molecule has 3 amide bonds. The molecule has 216 valence electrons. The maximum Gasteiger partial charge on any atom is 0.258 e. The first-order valence-electron chi connectivity index (χ1n) is 14.5. The Kier molecular flexibility index (Phi) is 9.23. The van der Waals surface area contributed by atoms with Gasteiger partial charge < -0.3 is 15.1 Å². The summed E-state index contributed by atoms with van der Waals surface area (Å²) < 4.78 is 0. The Hall–Kier alpha value is -4.16. The van der Waals surface area contributed by atoms with E-state index in [0.717, 1.165) is 27.6 Å². The van der Waals surface area contributed by atoms with Crippen LogP contribution in [0.4, 0.5) is 5.69 Å². The van der Waals surface area contributed by atoms with Crippen molar-refractivity contribution in [1.82, 2.24) is 10.2 Å². The van der Waals surface area contributed by atoms with Crippen molar-refractivity contribution in [2.45, 2.75) is 45.7 Å². The van der Waals surface area contributed by atoms with Crippen LogP contribution in [0.15, 0.2) is 91.0 Å². The molecule has 1 aliphatic rings. The van der Waals surface area contributed by atoms with E-state index in [4.69, 9.17) is 11.6 Å². The van der Waals surface area contributed by atoms with Gasteiger partial charge in [0, 0.05) is 48.4 Å². The zero-order valence-electron chi connectivity index (χ0n) is 24.1. The van der Waals surface area contributed by atoms with Crippen LogP contribution in [0.1, 0.15) is 48.2 Å². The molecule has 0 fully saturated rings. The van der Waals surface area contributed by atoms with Gasteiger partial charge in [0.05, 0.1) is 5.69 Å². The van der Waals surface area contributed by atoms with E-state index in [1.807, 2.05) is 98.8 Å². The average Bonchev–Trinajstić information content (AvgIpc) is 3.26. The number of carbonyl (C=O) groups is 3. The van der Waals surface area contributed by atoms with Crippen LogP contribution in [0, 0.1) is 5.92 Å². The molecule has 0 unspecified atom stereocenters. The molecule has 0 saturated heterocycles. The monoisotopic (exact) mass is 581 g/mol. The van der Waals surface area contributed by atoms with Gasteiger partial charge in [-0.25, -0.2) is 0 Å². The molecule has 0 aliphatic carbocycles. The van der Waals surface area contributed by atoms with Gasteiger partial charge in [-0.1, -0.05) is 92.2 Å². The molecule has 0 radical (unpaired) electrons. The third-order valence-corrected chi connectivity index (χ3v) is 7.85. The van der Waals surface area contributed by atoms with E-state index in [9.17, 15) is 14.4 Å². The van der Waals surface area contributed by atoms with Gasteiger partial charge in [-0.15, -0.1) is 0 Å². The van der Waals surface area contributed by atoms with Crippen molar-refractivity contribution in [3.05, 3.63) is 113 Å². The number of benzene rings is 4. The maximum absolute atomic E-state index is 14.0. The zero-order chi connectivity index (χ0) is 29.6. The van der Waals surface area contributed by atoms with Crippen molar-refractivity contribution in [2.24, 2.45) is 5.92 Å². The molecule has 0 bridgehead atoms. The summed E-state index contributed by atoms with van der Waals surface area (Å²) >= 11 is 6.29. The second-order valence-electron chi connectivity index (χ2n) is 11.2. The molecule has 7 heteroatoms. The van der Waals surface area contributed by atoms with E-state index < -0.39 is 6.04 Å². The molecule has 1 aliphatic heterocycles. The number of hydrogen-bond donors (Lipinski definition) is 1. The van der Waals surface area contributed by atoms with Crippen molar-refractivity contribution in [2.75, 3.05) is 18.0 Å². The fraction of sp³-hybridized carbons (Fsp3) is 0.286. The van der Waals surface area contributed by atoms with Gasteiger partial charge in [0.15, 0.2) is 0 Å². The number of hydrogen-bond acceptors (Lipinski definition) is 3. The van der Waals surface area contributed by atoms with Crippen LogP contribution in [0.5, 0.6) is 0 Å². The molecule has 4 aromatic carbocycles. The summed E-state index contributed by atoms with van der Waals surface area (Å²) in [6.45, 7) is 5.26. The largest absolute Gasteiger partial charge is 0.354 e. The van der Waals surface area contributed by atoms with Crippen LogP contribution < -0.4 is 10.2 Å². The van der Waals surface area contributed by atoms with Crippen molar-refractivity contribution in [3.8, 4) is 0 Å². The molecular weight excluding hydrogens is 546 g/mol. The van der Waals surface area contributed by atoms with Gasteiger partial charge in [-0.2, -0.15) is 0 Å². The molecule has 0 aromatic heterocycles. The number of rotatable bonds is 12. The lowest BCUT2D eigenvalue weighted by Crippen LogP contribution is -2.51. The van der Waals surface area contributed by atoms with Crippen molar-refractivity contribution in [1.29, 1.82) is 0 Å². The quantitative estimate of drug-likeness (QED) is 0.204. The lowest BCUT2D eigenvalue weighted by atomic mass is 10.0. The Bertz CT molecular complexity index is 1580. The third-order valence-electron chi connectivity index (χ3n) is 7.62. The minimum atomic E-state index is -0.705. The highest BCUT2D eigenvalue weighted by molar-refractivity contribution is 6.30. The number of halogens is 1. The molecule has 1 atom stereocenters. The Morgan fingerprint density at radius 1 is 0.905 bits per heavy atom. The standard InChI is InChI=1S/C35H36ClN3O3/c1-24(2)22-37-34(41)31(21-25-10-4-3-5-11-25)39(23-26-12-6-15-28(36)20-26)32(40)18-9-19-38-30-17-8-14-27-13-7-16-29(33(27)30)35(38)42/h3-8,10-17,20,24,31H,9,18-19,21-23H2,1-2H3,(H,37,41)/t31-/m1/s1. The highest BCUT2D eigenvalue weighted by Gasteiger charge is 2.32. The minimum absolute atomic E-state index is 0.0416. The second-order valence-corrected chi connectivity index (χ2v) is 11.7. The minimum Gasteiger partial charge on any atom is -0.354 e. The van der Waals surface area contributed by atoms with E-state index in [1.165, 1.54) is 0 Å². The van der Waals surface area contributed by atoms with Crippen LogP contribution >= 0.6 is 11.6 Å². The van der Waals surface area contributed by atoms with E-state index >= 15 is 0 Å². The normalized spacial score (nSPS) is 13.0. The van der Waals surface area contributed by atoms with Gasteiger partial charge >= 0.3 is 0 Å². The van der Waals surface area contributed by atoms with Gasteiger partial charge in [0.2, 0.25) is 11.8 Å². The molecule has 0 spiro atoms.